The van der Waals surface area contributed by atoms with E-state index >= 15 is 0 Å². The van der Waals surface area contributed by atoms with Crippen LogP contribution in [0.4, 0.5) is 0 Å². The van der Waals surface area contributed by atoms with Crippen molar-refractivity contribution in [2.45, 2.75) is 0 Å². The summed E-state index contributed by atoms with van der Waals surface area (Å²) < 4.78 is 4.29. The van der Waals surface area contributed by atoms with Gasteiger partial charge in [0.25, 0.3) is 0 Å². The zero-order valence-electron chi connectivity index (χ0n) is 35.3. The maximum absolute atomic E-state index is 6.66. The minimum absolute atomic E-state index is 0.00320. The molecular formula is C51H23B10N5. The van der Waals surface area contributed by atoms with Gasteiger partial charge in [0.2, 0.25) is 5.95 Å². The number of rotatable bonds is 6. The summed E-state index contributed by atoms with van der Waals surface area (Å²) in [5.41, 5.74) is 9.29. The first kappa shape index (κ1) is 41.7. The Morgan fingerprint density at radius 1 is 0.318 bits per heavy atom. The molecule has 8 aromatic carbocycles. The number of hydrogen-bond donors (Lipinski definition) is 0. The molecule has 0 saturated heterocycles. The molecule has 0 saturated carbocycles. The zero-order valence-corrected chi connectivity index (χ0v) is 35.3. The Labute approximate surface area is 395 Å². The molecule has 5 nitrogen and oxygen atoms in total. The summed E-state index contributed by atoms with van der Waals surface area (Å²) in [6, 6.07) is 48.2. The van der Waals surface area contributed by atoms with Crippen molar-refractivity contribution in [3.05, 3.63) is 140 Å². The average molecular weight is 814 g/mol. The lowest BCUT2D eigenvalue weighted by Gasteiger charge is -2.23. The fourth-order valence-corrected chi connectivity index (χ4v) is 9.20. The van der Waals surface area contributed by atoms with Crippen molar-refractivity contribution in [3.63, 3.8) is 0 Å². The molecule has 0 fully saturated rings. The number of nitrogens with zero attached hydrogens (tertiary/aromatic N) is 5. The van der Waals surface area contributed by atoms with E-state index in [2.05, 4.69) is 114 Å². The first-order chi connectivity index (χ1) is 31.9. The van der Waals surface area contributed by atoms with Crippen LogP contribution in [-0.4, -0.2) is 103 Å². The highest BCUT2D eigenvalue weighted by Gasteiger charge is 2.25. The van der Waals surface area contributed by atoms with Crippen LogP contribution in [0.15, 0.2) is 140 Å². The molecule has 0 unspecified atom stereocenters. The Bertz CT molecular complexity index is 3630. The van der Waals surface area contributed by atoms with Gasteiger partial charge < -0.3 is 4.57 Å². The van der Waals surface area contributed by atoms with Gasteiger partial charge in [-0.2, -0.15) is 9.97 Å². The summed E-state index contributed by atoms with van der Waals surface area (Å²) >= 11 is 0. The van der Waals surface area contributed by atoms with E-state index in [1.165, 1.54) is 0 Å². The molecule has 0 atom stereocenters. The lowest BCUT2D eigenvalue weighted by atomic mass is 9.60. The number of hydrogen-bond acceptors (Lipinski definition) is 3. The Morgan fingerprint density at radius 2 is 0.742 bits per heavy atom. The summed E-state index contributed by atoms with van der Waals surface area (Å²) in [4.78, 5) is 15.0. The number of aromatic nitrogens is 5. The van der Waals surface area contributed by atoms with Crippen molar-refractivity contribution in [2.24, 2.45) is 0 Å². The largest absolute Gasteiger partial charge is 0.308 e. The van der Waals surface area contributed by atoms with Gasteiger partial charge in [0.1, 0.15) is 78.5 Å². The first-order valence-electron chi connectivity index (χ1n) is 20.9. The maximum atomic E-state index is 6.66. The number of fused-ring (bicyclic) bond motifs is 7. The van der Waals surface area contributed by atoms with Gasteiger partial charge in [-0.25, -0.2) is 4.98 Å². The van der Waals surface area contributed by atoms with Crippen LogP contribution in [0, 0.1) is 0 Å². The summed E-state index contributed by atoms with van der Waals surface area (Å²) in [6.07, 6.45) is 0. The Balaban J connectivity index is 1.27. The predicted molar refractivity (Wildman–Crippen MR) is 284 cm³/mol. The van der Waals surface area contributed by atoms with Crippen LogP contribution in [0.25, 0.3) is 100 Å². The molecular weight excluding hydrogens is 791 g/mol. The second kappa shape index (κ2) is 15.9. The molecule has 0 amide bonds. The van der Waals surface area contributed by atoms with Gasteiger partial charge in [0.05, 0.1) is 22.1 Å². The van der Waals surface area contributed by atoms with Crippen LogP contribution in [0.3, 0.4) is 0 Å². The summed E-state index contributed by atoms with van der Waals surface area (Å²) in [6.45, 7) is 0. The van der Waals surface area contributed by atoms with Gasteiger partial charge in [-0.1, -0.05) is 125 Å². The first-order valence-corrected chi connectivity index (χ1v) is 20.9. The summed E-state index contributed by atoms with van der Waals surface area (Å²) in [5.74, 6) is 0.160. The number of para-hydroxylation sites is 2. The van der Waals surface area contributed by atoms with Crippen LogP contribution in [0.5, 0.6) is 0 Å². The van der Waals surface area contributed by atoms with Crippen LogP contribution in [0.1, 0.15) is 0 Å². The molecule has 0 aliphatic carbocycles. The van der Waals surface area contributed by atoms with Crippen molar-refractivity contribution in [3.8, 4) is 56.7 Å². The van der Waals surface area contributed by atoms with Crippen molar-refractivity contribution < 1.29 is 0 Å². The SMILES string of the molecule is [B]c1c([B])c([B])c(-c2nc(-c3c([B])c([B])c([B])c([B])c3[B])nc(-n3c4ccccc4c4c3ccc3c5ccccc5n(-c5cc(-c6ccccc6)cc(-c6ccccc6)c5)c34)n2)c([B])c1[B]. The van der Waals surface area contributed by atoms with E-state index in [0.717, 1.165) is 71.6 Å². The fraction of sp³-hybridized carbons (Fsp3) is 0. The molecule has 3 heterocycles. The van der Waals surface area contributed by atoms with Crippen LogP contribution < -0.4 is 54.6 Å². The smallest absolute Gasteiger partial charge is 0.238 e. The van der Waals surface area contributed by atoms with E-state index in [0.29, 0.717) is 0 Å². The van der Waals surface area contributed by atoms with Gasteiger partial charge in [-0.05, 0) is 58.7 Å². The van der Waals surface area contributed by atoms with Crippen LogP contribution in [-0.2, 0) is 0 Å². The second-order valence-electron chi connectivity index (χ2n) is 16.2. The molecule has 0 aliphatic heterocycles. The van der Waals surface area contributed by atoms with Crippen LogP contribution >= 0.6 is 0 Å². The molecule has 11 aromatic rings. The van der Waals surface area contributed by atoms with Gasteiger partial charge in [-0.15, -0.1) is 32.8 Å². The number of benzene rings is 8. The summed E-state index contributed by atoms with van der Waals surface area (Å²) in [5, 5.41) is 3.99. The standard InChI is InChI=1S/C51H23B10N5/c52-38-36(39(53)43(57)46(60)42(38)56)49-62-50(37-40(54)44(58)47(61)45(59)41(37)55)64-51(63-49)66-33-18-10-8-16-31(33)35-34(66)20-19-30-29-15-7-9-17-32(29)65(48(30)35)28-22-26(24-11-3-1-4-12-24)21-27(23-28)25-13-5-2-6-14-25/h1-23H. The molecule has 0 aliphatic rings. The van der Waals surface area contributed by atoms with E-state index < -0.39 is 0 Å². The van der Waals surface area contributed by atoms with Gasteiger partial charge in [0, 0.05) is 38.4 Å². The van der Waals surface area contributed by atoms with Crippen molar-refractivity contribution in [1.29, 1.82) is 0 Å². The van der Waals surface area contributed by atoms with Crippen molar-refractivity contribution in [2.75, 3.05) is 0 Å². The molecule has 0 spiro atoms. The predicted octanol–water partition coefficient (Wildman–Crippen LogP) is 0.672. The summed E-state index contributed by atoms with van der Waals surface area (Å²) in [7, 11) is 64.7. The van der Waals surface area contributed by atoms with Crippen LogP contribution in [0.2, 0.25) is 0 Å². The highest BCUT2D eigenvalue weighted by Crippen LogP contribution is 2.43. The molecule has 15 heteroatoms. The van der Waals surface area contributed by atoms with E-state index in [4.69, 9.17) is 93.4 Å². The van der Waals surface area contributed by atoms with Crippen molar-refractivity contribution in [1.82, 2.24) is 24.1 Å². The van der Waals surface area contributed by atoms with Crippen molar-refractivity contribution >= 4 is 177 Å². The highest BCUT2D eigenvalue weighted by molar-refractivity contribution is 6.70. The highest BCUT2D eigenvalue weighted by atomic mass is 15.2. The van der Waals surface area contributed by atoms with E-state index in [1.54, 1.807) is 0 Å². The van der Waals surface area contributed by atoms with Gasteiger partial charge in [-0.3, -0.25) is 4.57 Å². The minimum Gasteiger partial charge on any atom is -0.308 e. The monoisotopic (exact) mass is 815 g/mol. The van der Waals surface area contributed by atoms with E-state index in [9.17, 15) is 0 Å². The third-order valence-corrected chi connectivity index (χ3v) is 12.5. The Morgan fingerprint density at radius 3 is 1.24 bits per heavy atom. The molecule has 66 heavy (non-hydrogen) atoms. The van der Waals surface area contributed by atoms with Gasteiger partial charge in [0.15, 0.2) is 11.6 Å². The molecule has 282 valence electrons. The quantitative estimate of drug-likeness (QED) is 0.233. The minimum atomic E-state index is 0.00320. The molecule has 11 rings (SSSR count). The molecule has 0 N–H and O–H groups in total. The molecule has 0 bridgehead atoms. The fourth-order valence-electron chi connectivity index (χ4n) is 9.20. The normalized spacial score (nSPS) is 11.6. The lowest BCUT2D eigenvalue weighted by Crippen LogP contribution is -2.55. The van der Waals surface area contributed by atoms with E-state index in [1.807, 2.05) is 34.9 Å². The molecule has 3 aromatic heterocycles. The third kappa shape index (κ3) is 6.34. The third-order valence-electron chi connectivity index (χ3n) is 12.5. The molecule has 20 radical (unpaired) electrons. The topological polar surface area (TPSA) is 48.5 Å². The zero-order chi connectivity index (χ0) is 45.7. The average Bonchev–Trinajstić information content (AvgIpc) is 3.87. The van der Waals surface area contributed by atoms with Gasteiger partial charge >= 0.3 is 0 Å². The lowest BCUT2D eigenvalue weighted by molar-refractivity contribution is 0.956. The Hall–Kier alpha value is -6.98. The van der Waals surface area contributed by atoms with E-state index in [-0.39, 0.29) is 83.4 Å². The second-order valence-corrected chi connectivity index (χ2v) is 16.2. The Kier molecular flexibility index (Phi) is 10.0. The maximum Gasteiger partial charge on any atom is 0.238 e.